The number of benzene rings is 1. The van der Waals surface area contributed by atoms with Gasteiger partial charge in [-0.1, -0.05) is 29.8 Å². The van der Waals surface area contributed by atoms with Gasteiger partial charge in [0.2, 0.25) is 5.91 Å². The molecular formula is C15H14ClN3O4. The van der Waals surface area contributed by atoms with Gasteiger partial charge in [0, 0.05) is 11.6 Å². The molecule has 0 bridgehead atoms. The molecule has 7 nitrogen and oxygen atoms in total. The van der Waals surface area contributed by atoms with E-state index >= 15 is 0 Å². The second kappa shape index (κ2) is 7.06. The van der Waals surface area contributed by atoms with Crippen LogP contribution in [0, 0.1) is 0 Å². The Morgan fingerprint density at radius 2 is 2.00 bits per heavy atom. The first-order valence-electron chi connectivity index (χ1n) is 6.73. The molecule has 1 aromatic heterocycles. The number of hydrogen-bond acceptors (Lipinski definition) is 4. The van der Waals surface area contributed by atoms with Crippen LogP contribution in [0.5, 0.6) is 0 Å². The van der Waals surface area contributed by atoms with Crippen molar-refractivity contribution in [2.45, 2.75) is 19.5 Å². The van der Waals surface area contributed by atoms with Crippen LogP contribution in [0.15, 0.2) is 41.2 Å². The Bertz CT molecular complexity index is 803. The Hall–Kier alpha value is -2.67. The molecule has 0 aliphatic carbocycles. The highest BCUT2D eigenvalue weighted by Gasteiger charge is 2.15. The lowest BCUT2D eigenvalue weighted by Gasteiger charge is -2.11. The van der Waals surface area contributed by atoms with E-state index in [4.69, 9.17) is 16.7 Å². The first-order valence-corrected chi connectivity index (χ1v) is 7.11. The average molecular weight is 336 g/mol. The van der Waals surface area contributed by atoms with Crippen molar-refractivity contribution in [2.24, 2.45) is 0 Å². The van der Waals surface area contributed by atoms with E-state index in [2.05, 4.69) is 10.4 Å². The summed E-state index contributed by atoms with van der Waals surface area (Å²) in [5.41, 5.74) is 0.593. The molecule has 0 aliphatic heterocycles. The fourth-order valence-corrected chi connectivity index (χ4v) is 2.09. The summed E-state index contributed by atoms with van der Waals surface area (Å²) < 4.78 is 0.961. The maximum atomic E-state index is 11.8. The SMILES string of the molecule is C[C@H](NC(=O)Cn1nc(-c2ccccc2Cl)ccc1=O)C(=O)O. The van der Waals surface area contributed by atoms with Crippen molar-refractivity contribution < 1.29 is 14.7 Å². The van der Waals surface area contributed by atoms with Gasteiger partial charge < -0.3 is 10.4 Å². The highest BCUT2D eigenvalue weighted by molar-refractivity contribution is 6.33. The number of carboxylic acid groups (broad SMARTS) is 1. The van der Waals surface area contributed by atoms with Crippen molar-refractivity contribution in [3.8, 4) is 11.3 Å². The van der Waals surface area contributed by atoms with Gasteiger partial charge in [-0.2, -0.15) is 5.10 Å². The smallest absolute Gasteiger partial charge is 0.325 e. The second-order valence-corrected chi connectivity index (χ2v) is 5.23. The Labute approximate surface area is 136 Å². The van der Waals surface area contributed by atoms with Gasteiger partial charge in [0.15, 0.2) is 0 Å². The number of aromatic nitrogens is 2. The third-order valence-corrected chi connectivity index (χ3v) is 3.39. The Balaban J connectivity index is 2.25. The summed E-state index contributed by atoms with van der Waals surface area (Å²) in [5, 5.41) is 15.6. The van der Waals surface area contributed by atoms with Crippen LogP contribution in [0.4, 0.5) is 0 Å². The monoisotopic (exact) mass is 335 g/mol. The van der Waals surface area contributed by atoms with Crippen LogP contribution >= 0.6 is 11.6 Å². The fourth-order valence-electron chi connectivity index (χ4n) is 1.86. The topological polar surface area (TPSA) is 101 Å². The third kappa shape index (κ3) is 4.17. The molecule has 1 heterocycles. The molecule has 2 aromatic rings. The lowest BCUT2D eigenvalue weighted by molar-refractivity contribution is -0.141. The number of carboxylic acids is 1. The molecule has 8 heteroatoms. The minimum Gasteiger partial charge on any atom is -0.480 e. The Kier molecular flexibility index (Phi) is 5.13. The molecule has 0 aliphatic rings. The highest BCUT2D eigenvalue weighted by Crippen LogP contribution is 2.24. The molecule has 23 heavy (non-hydrogen) atoms. The molecular weight excluding hydrogens is 322 g/mol. The number of halogens is 1. The molecule has 1 aromatic carbocycles. The van der Waals surface area contributed by atoms with Gasteiger partial charge in [-0.05, 0) is 19.1 Å². The summed E-state index contributed by atoms with van der Waals surface area (Å²) in [5.74, 6) is -1.78. The minimum absolute atomic E-state index is 0.380. The maximum absolute atomic E-state index is 11.8. The number of carbonyl (C=O) groups is 2. The molecule has 0 saturated carbocycles. The zero-order chi connectivity index (χ0) is 17.0. The third-order valence-electron chi connectivity index (χ3n) is 3.06. The highest BCUT2D eigenvalue weighted by atomic mass is 35.5. The van der Waals surface area contributed by atoms with Crippen LogP contribution in [0.3, 0.4) is 0 Å². The van der Waals surface area contributed by atoms with Crippen molar-refractivity contribution in [2.75, 3.05) is 0 Å². The number of aliphatic carboxylic acids is 1. The van der Waals surface area contributed by atoms with E-state index < -0.39 is 23.5 Å². The van der Waals surface area contributed by atoms with Crippen LogP contribution in [-0.2, 0) is 16.1 Å². The van der Waals surface area contributed by atoms with Crippen LogP contribution in [0.1, 0.15) is 6.92 Å². The largest absolute Gasteiger partial charge is 0.480 e. The quantitative estimate of drug-likeness (QED) is 0.853. The predicted octanol–water partition coefficient (Wildman–Crippen LogP) is 1.15. The van der Waals surface area contributed by atoms with E-state index in [1.807, 2.05) is 0 Å². The van der Waals surface area contributed by atoms with Gasteiger partial charge >= 0.3 is 5.97 Å². The van der Waals surface area contributed by atoms with E-state index in [0.717, 1.165) is 4.68 Å². The number of hydrogen-bond donors (Lipinski definition) is 2. The first-order chi connectivity index (χ1) is 10.9. The van der Waals surface area contributed by atoms with Crippen LogP contribution in [0.25, 0.3) is 11.3 Å². The van der Waals surface area contributed by atoms with Gasteiger partial charge in [0.1, 0.15) is 12.6 Å². The van der Waals surface area contributed by atoms with Gasteiger partial charge in [-0.3, -0.25) is 14.4 Å². The van der Waals surface area contributed by atoms with Crippen LogP contribution in [0.2, 0.25) is 5.02 Å². The molecule has 1 amide bonds. The molecule has 0 spiro atoms. The first kappa shape index (κ1) is 16.7. The molecule has 0 radical (unpaired) electrons. The zero-order valence-electron chi connectivity index (χ0n) is 12.2. The van der Waals surface area contributed by atoms with E-state index in [1.165, 1.54) is 19.1 Å². The lowest BCUT2D eigenvalue weighted by atomic mass is 10.1. The molecule has 2 rings (SSSR count). The van der Waals surface area contributed by atoms with E-state index in [0.29, 0.717) is 16.3 Å². The van der Waals surface area contributed by atoms with E-state index in [1.54, 1.807) is 24.3 Å². The molecule has 2 N–H and O–H groups in total. The summed E-state index contributed by atoms with van der Waals surface area (Å²) in [6.45, 7) is 0.950. The second-order valence-electron chi connectivity index (χ2n) is 4.82. The van der Waals surface area contributed by atoms with Crippen molar-refractivity contribution >= 4 is 23.5 Å². The molecule has 120 valence electrons. The Morgan fingerprint density at radius 1 is 1.30 bits per heavy atom. The number of nitrogens with zero attached hydrogens (tertiary/aromatic N) is 2. The van der Waals surface area contributed by atoms with Gasteiger partial charge in [-0.25, -0.2) is 4.68 Å². The number of carbonyl (C=O) groups excluding carboxylic acids is 1. The molecule has 0 unspecified atom stereocenters. The average Bonchev–Trinajstić information content (AvgIpc) is 2.50. The normalized spacial score (nSPS) is 11.7. The minimum atomic E-state index is -1.16. The molecule has 1 atom stereocenters. The van der Waals surface area contributed by atoms with E-state index in [9.17, 15) is 14.4 Å². The summed E-state index contributed by atoms with van der Waals surface area (Å²) in [7, 11) is 0. The van der Waals surface area contributed by atoms with Crippen molar-refractivity contribution in [1.82, 2.24) is 15.1 Å². The summed E-state index contributed by atoms with van der Waals surface area (Å²) in [4.78, 5) is 34.3. The summed E-state index contributed by atoms with van der Waals surface area (Å²) in [6, 6.07) is 8.71. The number of nitrogens with one attached hydrogen (secondary N) is 1. The van der Waals surface area contributed by atoms with Gasteiger partial charge in [-0.15, -0.1) is 0 Å². The number of rotatable bonds is 5. The number of amides is 1. The van der Waals surface area contributed by atoms with Crippen LogP contribution < -0.4 is 10.9 Å². The van der Waals surface area contributed by atoms with Crippen LogP contribution in [-0.4, -0.2) is 32.8 Å². The molecule has 0 fully saturated rings. The Morgan fingerprint density at radius 3 is 2.65 bits per heavy atom. The van der Waals surface area contributed by atoms with Crippen molar-refractivity contribution in [1.29, 1.82) is 0 Å². The van der Waals surface area contributed by atoms with Crippen molar-refractivity contribution in [3.63, 3.8) is 0 Å². The molecule has 0 saturated heterocycles. The van der Waals surface area contributed by atoms with E-state index in [-0.39, 0.29) is 6.54 Å². The van der Waals surface area contributed by atoms with Gasteiger partial charge in [0.25, 0.3) is 5.56 Å². The fraction of sp³-hybridized carbons (Fsp3) is 0.200. The summed E-state index contributed by atoms with van der Waals surface area (Å²) >= 11 is 6.09. The van der Waals surface area contributed by atoms with Gasteiger partial charge in [0.05, 0.1) is 10.7 Å². The maximum Gasteiger partial charge on any atom is 0.325 e. The predicted molar refractivity (Wildman–Crippen MR) is 84.2 cm³/mol. The standard InChI is InChI=1S/C15H14ClN3O4/c1-9(15(22)23)17-13(20)8-19-14(21)7-6-12(18-19)10-4-2-3-5-11(10)16/h2-7,9H,8H2,1H3,(H,17,20)(H,22,23)/t9-/m0/s1. The zero-order valence-corrected chi connectivity index (χ0v) is 12.9. The lowest BCUT2D eigenvalue weighted by Crippen LogP contribution is -2.41. The summed E-state index contributed by atoms with van der Waals surface area (Å²) in [6.07, 6.45) is 0. The van der Waals surface area contributed by atoms with Crippen molar-refractivity contribution in [3.05, 3.63) is 51.8 Å².